The predicted octanol–water partition coefficient (Wildman–Crippen LogP) is -1.81. The van der Waals surface area contributed by atoms with E-state index in [-0.39, 0.29) is 18.6 Å². The summed E-state index contributed by atoms with van der Waals surface area (Å²) in [7, 11) is 0. The number of carbonyl (C=O) groups is 1. The van der Waals surface area contributed by atoms with E-state index in [0.29, 0.717) is 5.82 Å². The number of carbonyl (C=O) groups excluding carboxylic acids is 1. The Bertz CT molecular complexity index is 325. The zero-order valence-corrected chi connectivity index (χ0v) is 7.54. The smallest absolute Gasteiger partial charge is 0.265 e. The summed E-state index contributed by atoms with van der Waals surface area (Å²) in [5, 5.41) is 14.2. The molecular formula is C6H10N6O2. The standard InChI is InChI=1S/C6H10N6O2/c1-3-5(7)6(13)12(3)14-2-4-8-10-11-9-4/h3,5H,2,7H2,1H3,(H,8,9,10,11)/t3?,5-/m0/s1. The summed E-state index contributed by atoms with van der Waals surface area (Å²) >= 11 is 0. The van der Waals surface area contributed by atoms with Crippen LogP contribution in [0.3, 0.4) is 0 Å². The van der Waals surface area contributed by atoms with Gasteiger partial charge in [0.2, 0.25) is 5.82 Å². The van der Waals surface area contributed by atoms with Crippen LogP contribution in [0.15, 0.2) is 0 Å². The zero-order chi connectivity index (χ0) is 10.1. The fourth-order valence-corrected chi connectivity index (χ4v) is 1.17. The third-order valence-corrected chi connectivity index (χ3v) is 2.11. The Balaban J connectivity index is 1.85. The van der Waals surface area contributed by atoms with E-state index in [2.05, 4.69) is 20.6 Å². The summed E-state index contributed by atoms with van der Waals surface area (Å²) in [6.07, 6.45) is 0. The highest BCUT2D eigenvalue weighted by Gasteiger charge is 2.43. The van der Waals surface area contributed by atoms with Crippen LogP contribution in [-0.2, 0) is 16.2 Å². The molecule has 2 rings (SSSR count). The van der Waals surface area contributed by atoms with Crippen LogP contribution in [0.5, 0.6) is 0 Å². The van der Waals surface area contributed by atoms with Crippen molar-refractivity contribution in [2.75, 3.05) is 0 Å². The monoisotopic (exact) mass is 198 g/mol. The Kier molecular flexibility index (Phi) is 2.14. The number of amides is 1. The quantitative estimate of drug-likeness (QED) is 0.554. The van der Waals surface area contributed by atoms with E-state index in [1.165, 1.54) is 5.06 Å². The average Bonchev–Trinajstić information content (AvgIpc) is 2.70. The van der Waals surface area contributed by atoms with E-state index >= 15 is 0 Å². The summed E-state index contributed by atoms with van der Waals surface area (Å²) in [6, 6.07) is -0.560. The van der Waals surface area contributed by atoms with Gasteiger partial charge in [0.25, 0.3) is 5.91 Å². The second-order valence-electron chi connectivity index (χ2n) is 3.03. The topological polar surface area (TPSA) is 110 Å². The van der Waals surface area contributed by atoms with Crippen molar-refractivity contribution < 1.29 is 9.63 Å². The lowest BCUT2D eigenvalue weighted by atomic mass is 10.0. The number of H-pyrrole nitrogens is 1. The van der Waals surface area contributed by atoms with Gasteiger partial charge in [0.1, 0.15) is 12.6 Å². The largest absolute Gasteiger partial charge is 0.318 e. The maximum absolute atomic E-state index is 11.1. The van der Waals surface area contributed by atoms with Gasteiger partial charge in [0.05, 0.1) is 6.04 Å². The number of hydrogen-bond acceptors (Lipinski definition) is 6. The first kappa shape index (κ1) is 9.03. The highest BCUT2D eigenvalue weighted by atomic mass is 16.7. The number of nitrogens with zero attached hydrogens (tertiary/aromatic N) is 4. The maximum atomic E-state index is 11.1. The summed E-state index contributed by atoms with van der Waals surface area (Å²) in [5.41, 5.74) is 5.48. The number of nitrogens with one attached hydrogen (secondary N) is 1. The van der Waals surface area contributed by atoms with Gasteiger partial charge in [-0.2, -0.15) is 5.21 Å². The normalized spacial score (nSPS) is 26.4. The molecule has 8 nitrogen and oxygen atoms in total. The molecule has 1 fully saturated rings. The van der Waals surface area contributed by atoms with Gasteiger partial charge in [0, 0.05) is 0 Å². The van der Waals surface area contributed by atoms with Gasteiger partial charge >= 0.3 is 0 Å². The summed E-state index contributed by atoms with van der Waals surface area (Å²) in [4.78, 5) is 16.3. The van der Waals surface area contributed by atoms with Gasteiger partial charge in [-0.05, 0) is 6.92 Å². The van der Waals surface area contributed by atoms with E-state index in [9.17, 15) is 4.79 Å². The number of hydrogen-bond donors (Lipinski definition) is 2. The van der Waals surface area contributed by atoms with Gasteiger partial charge in [-0.1, -0.05) is 5.21 Å². The minimum atomic E-state index is -0.458. The highest BCUT2D eigenvalue weighted by Crippen LogP contribution is 2.18. The van der Waals surface area contributed by atoms with Crippen LogP contribution in [0.2, 0.25) is 0 Å². The Morgan fingerprint density at radius 2 is 2.50 bits per heavy atom. The van der Waals surface area contributed by atoms with Gasteiger partial charge in [-0.25, -0.2) is 5.06 Å². The van der Waals surface area contributed by atoms with Crippen molar-refractivity contribution >= 4 is 5.91 Å². The van der Waals surface area contributed by atoms with Gasteiger partial charge in [-0.15, -0.1) is 10.2 Å². The van der Waals surface area contributed by atoms with Gasteiger partial charge in [-0.3, -0.25) is 9.63 Å². The third-order valence-electron chi connectivity index (χ3n) is 2.11. The molecule has 0 aromatic carbocycles. The van der Waals surface area contributed by atoms with E-state index < -0.39 is 6.04 Å². The second-order valence-corrected chi connectivity index (χ2v) is 3.03. The first-order valence-electron chi connectivity index (χ1n) is 4.14. The molecule has 1 amide bonds. The van der Waals surface area contributed by atoms with Crippen LogP contribution in [0.25, 0.3) is 0 Å². The number of tetrazole rings is 1. The number of hydroxylamine groups is 2. The molecule has 1 aliphatic rings. The molecule has 0 bridgehead atoms. The highest BCUT2D eigenvalue weighted by molar-refractivity contribution is 5.87. The number of nitrogens with two attached hydrogens (primary N) is 1. The second kappa shape index (κ2) is 3.31. The van der Waals surface area contributed by atoms with Crippen LogP contribution >= 0.6 is 0 Å². The van der Waals surface area contributed by atoms with E-state index in [0.717, 1.165) is 0 Å². The van der Waals surface area contributed by atoms with Crippen molar-refractivity contribution in [2.24, 2.45) is 5.73 Å². The Morgan fingerprint density at radius 1 is 1.71 bits per heavy atom. The van der Waals surface area contributed by atoms with Crippen LogP contribution in [0.1, 0.15) is 12.7 Å². The molecule has 3 N–H and O–H groups in total. The first-order valence-corrected chi connectivity index (χ1v) is 4.14. The molecule has 0 saturated carbocycles. The zero-order valence-electron chi connectivity index (χ0n) is 7.54. The molecule has 2 heterocycles. The van der Waals surface area contributed by atoms with Gasteiger partial charge in [0.15, 0.2) is 0 Å². The lowest BCUT2D eigenvalue weighted by molar-refractivity contribution is -0.235. The van der Waals surface area contributed by atoms with Crippen LogP contribution < -0.4 is 5.73 Å². The lowest BCUT2D eigenvalue weighted by Crippen LogP contribution is -2.66. The van der Waals surface area contributed by atoms with E-state index in [1.807, 2.05) is 6.92 Å². The Labute approximate surface area is 79.4 Å². The SMILES string of the molecule is CC1[C@H](N)C(=O)N1OCc1nn[nH]n1. The van der Waals surface area contributed by atoms with Crippen LogP contribution in [-0.4, -0.2) is 43.7 Å². The minimum Gasteiger partial charge on any atom is -0.318 e. The summed E-state index contributed by atoms with van der Waals surface area (Å²) < 4.78 is 0. The molecule has 1 aromatic rings. The Morgan fingerprint density at radius 3 is 3.07 bits per heavy atom. The molecule has 8 heteroatoms. The van der Waals surface area contributed by atoms with Crippen molar-refractivity contribution in [1.82, 2.24) is 25.7 Å². The predicted molar refractivity (Wildman–Crippen MR) is 43.3 cm³/mol. The van der Waals surface area contributed by atoms with Crippen molar-refractivity contribution in [2.45, 2.75) is 25.6 Å². The fraction of sp³-hybridized carbons (Fsp3) is 0.667. The van der Waals surface area contributed by atoms with Crippen molar-refractivity contribution in [3.63, 3.8) is 0 Å². The molecule has 14 heavy (non-hydrogen) atoms. The molecule has 1 saturated heterocycles. The first-order chi connectivity index (χ1) is 6.70. The maximum Gasteiger partial charge on any atom is 0.265 e. The van der Waals surface area contributed by atoms with Crippen molar-refractivity contribution in [3.05, 3.63) is 5.82 Å². The van der Waals surface area contributed by atoms with E-state index in [4.69, 9.17) is 10.6 Å². The molecule has 0 spiro atoms. The fourth-order valence-electron chi connectivity index (χ4n) is 1.17. The number of rotatable bonds is 3. The van der Waals surface area contributed by atoms with Crippen LogP contribution in [0.4, 0.5) is 0 Å². The summed E-state index contributed by atoms with van der Waals surface area (Å²) in [5.74, 6) is 0.173. The van der Waals surface area contributed by atoms with Crippen molar-refractivity contribution in [3.8, 4) is 0 Å². The molecule has 0 radical (unpaired) electrons. The molecule has 1 unspecified atom stereocenters. The lowest BCUT2D eigenvalue weighted by Gasteiger charge is -2.41. The van der Waals surface area contributed by atoms with Gasteiger partial charge < -0.3 is 5.73 Å². The molecule has 0 aliphatic carbocycles. The van der Waals surface area contributed by atoms with E-state index in [1.54, 1.807) is 0 Å². The average molecular weight is 198 g/mol. The summed E-state index contributed by atoms with van der Waals surface area (Å²) in [6.45, 7) is 1.92. The minimum absolute atomic E-state index is 0.102. The number of aromatic nitrogens is 4. The van der Waals surface area contributed by atoms with Crippen molar-refractivity contribution in [1.29, 1.82) is 0 Å². The number of β-lactam (4-membered cyclic amide) rings is 1. The molecule has 1 aromatic heterocycles. The third kappa shape index (κ3) is 1.34. The number of aromatic amines is 1. The molecule has 1 aliphatic heterocycles. The molecule has 2 atom stereocenters. The molecular weight excluding hydrogens is 188 g/mol. The Hall–Kier alpha value is -1.54. The van der Waals surface area contributed by atoms with Crippen LogP contribution in [0, 0.1) is 0 Å². The molecule has 76 valence electrons.